The molecular weight excluding hydrogens is 331 g/mol. The van der Waals surface area contributed by atoms with Crippen LogP contribution in [0.2, 0.25) is 5.02 Å². The van der Waals surface area contributed by atoms with Crippen molar-refractivity contribution in [3.05, 3.63) is 64.4 Å². The average Bonchev–Trinajstić information content (AvgIpc) is 2.99. The number of hydrogen-bond acceptors (Lipinski definition) is 2. The van der Waals surface area contributed by atoms with Crippen molar-refractivity contribution in [1.82, 2.24) is 4.90 Å². The molecule has 0 radical (unpaired) electrons. The van der Waals surface area contributed by atoms with Crippen molar-refractivity contribution < 1.29 is 14.3 Å². The van der Waals surface area contributed by atoms with Gasteiger partial charge in [0.1, 0.15) is 5.82 Å². The molecule has 2 aromatic rings. The molecule has 0 saturated heterocycles. The SMILES string of the molecule is O=C(Nc1cc(F)ccc1Cl)N(CCO)C1CCc2ccccc21. The summed E-state index contributed by atoms with van der Waals surface area (Å²) in [4.78, 5) is 14.3. The predicted octanol–water partition coefficient (Wildman–Crippen LogP) is 3.99. The van der Waals surface area contributed by atoms with Gasteiger partial charge in [-0.1, -0.05) is 35.9 Å². The molecular formula is C18H18ClFN2O2. The Morgan fingerprint density at radius 3 is 2.92 bits per heavy atom. The second-order valence-corrected chi connectivity index (χ2v) is 6.13. The zero-order valence-electron chi connectivity index (χ0n) is 13.0. The average molecular weight is 349 g/mol. The van der Waals surface area contributed by atoms with Gasteiger partial charge in [-0.2, -0.15) is 0 Å². The highest BCUT2D eigenvalue weighted by Gasteiger charge is 2.30. The minimum absolute atomic E-state index is 0.110. The summed E-state index contributed by atoms with van der Waals surface area (Å²) in [5, 5.41) is 12.3. The molecule has 1 unspecified atom stereocenters. The maximum atomic E-state index is 13.4. The molecule has 1 aliphatic carbocycles. The normalized spacial score (nSPS) is 15.9. The Balaban J connectivity index is 1.83. The lowest BCUT2D eigenvalue weighted by Crippen LogP contribution is -2.39. The molecule has 24 heavy (non-hydrogen) atoms. The number of aliphatic hydroxyl groups excluding tert-OH is 1. The minimum Gasteiger partial charge on any atom is -0.395 e. The Kier molecular flexibility index (Phi) is 5.02. The second kappa shape index (κ2) is 7.20. The topological polar surface area (TPSA) is 52.6 Å². The fourth-order valence-corrected chi connectivity index (χ4v) is 3.31. The standard InChI is InChI=1S/C18H18ClFN2O2/c19-15-7-6-13(20)11-16(15)21-18(24)22(9-10-23)17-8-5-12-3-1-2-4-14(12)17/h1-4,6-7,11,17,23H,5,8-10H2,(H,21,24). The summed E-state index contributed by atoms with van der Waals surface area (Å²) < 4.78 is 13.4. The van der Waals surface area contributed by atoms with Gasteiger partial charge in [-0.3, -0.25) is 0 Å². The smallest absolute Gasteiger partial charge is 0.322 e. The number of fused-ring (bicyclic) bond motifs is 1. The van der Waals surface area contributed by atoms with E-state index in [0.717, 1.165) is 18.4 Å². The lowest BCUT2D eigenvalue weighted by Gasteiger charge is -2.29. The van der Waals surface area contributed by atoms with Gasteiger partial charge >= 0.3 is 6.03 Å². The summed E-state index contributed by atoms with van der Waals surface area (Å²) in [6.45, 7) is 0.0424. The molecule has 2 N–H and O–H groups in total. The number of anilines is 1. The first kappa shape index (κ1) is 16.7. The number of nitrogens with zero attached hydrogens (tertiary/aromatic N) is 1. The molecule has 6 heteroatoms. The maximum absolute atomic E-state index is 13.4. The van der Waals surface area contributed by atoms with Crippen molar-refractivity contribution in [2.24, 2.45) is 0 Å². The Labute approximate surface area is 144 Å². The molecule has 2 amide bonds. The summed E-state index contributed by atoms with van der Waals surface area (Å²) in [7, 11) is 0. The first-order chi connectivity index (χ1) is 11.6. The number of amides is 2. The molecule has 3 rings (SSSR count). The molecule has 0 saturated carbocycles. The zero-order valence-corrected chi connectivity index (χ0v) is 13.8. The molecule has 4 nitrogen and oxygen atoms in total. The number of carbonyl (C=O) groups is 1. The summed E-state index contributed by atoms with van der Waals surface area (Å²) in [6, 6.07) is 11.3. The van der Waals surface area contributed by atoms with Gasteiger partial charge in [-0.15, -0.1) is 0 Å². The van der Waals surface area contributed by atoms with E-state index >= 15 is 0 Å². The van der Waals surface area contributed by atoms with Crippen LogP contribution in [0.4, 0.5) is 14.9 Å². The maximum Gasteiger partial charge on any atom is 0.322 e. The van der Waals surface area contributed by atoms with Crippen LogP contribution in [0.15, 0.2) is 42.5 Å². The van der Waals surface area contributed by atoms with Crippen LogP contribution in [0.1, 0.15) is 23.6 Å². The number of carbonyl (C=O) groups excluding carboxylic acids is 1. The van der Waals surface area contributed by atoms with Gasteiger partial charge in [-0.25, -0.2) is 9.18 Å². The molecule has 0 aromatic heterocycles. The molecule has 0 aliphatic heterocycles. The van der Waals surface area contributed by atoms with Crippen molar-refractivity contribution in [2.45, 2.75) is 18.9 Å². The number of nitrogens with one attached hydrogen (secondary N) is 1. The summed E-state index contributed by atoms with van der Waals surface area (Å²) in [6.07, 6.45) is 1.68. The highest BCUT2D eigenvalue weighted by molar-refractivity contribution is 6.33. The highest BCUT2D eigenvalue weighted by atomic mass is 35.5. The van der Waals surface area contributed by atoms with Crippen LogP contribution in [0, 0.1) is 5.82 Å². The van der Waals surface area contributed by atoms with Gasteiger partial charge in [0.25, 0.3) is 0 Å². The van der Waals surface area contributed by atoms with E-state index in [2.05, 4.69) is 5.32 Å². The van der Waals surface area contributed by atoms with E-state index in [0.29, 0.717) is 0 Å². The van der Waals surface area contributed by atoms with Gasteiger partial charge < -0.3 is 15.3 Å². The van der Waals surface area contributed by atoms with Crippen LogP contribution >= 0.6 is 11.6 Å². The first-order valence-electron chi connectivity index (χ1n) is 7.81. The van der Waals surface area contributed by atoms with Crippen LogP contribution in [0.5, 0.6) is 0 Å². The Morgan fingerprint density at radius 1 is 1.33 bits per heavy atom. The number of urea groups is 1. The molecule has 126 valence electrons. The van der Waals surface area contributed by atoms with Crippen LogP contribution < -0.4 is 5.32 Å². The number of rotatable bonds is 4. The number of hydrogen-bond donors (Lipinski definition) is 2. The third kappa shape index (κ3) is 3.37. The van der Waals surface area contributed by atoms with E-state index in [1.807, 2.05) is 24.3 Å². The number of halogens is 2. The third-order valence-corrected chi connectivity index (χ3v) is 4.58. The molecule has 1 atom stereocenters. The zero-order chi connectivity index (χ0) is 17.1. The Hall–Kier alpha value is -2.11. The molecule has 1 aliphatic rings. The van der Waals surface area contributed by atoms with E-state index in [9.17, 15) is 14.3 Å². The predicted molar refractivity (Wildman–Crippen MR) is 91.7 cm³/mol. The quantitative estimate of drug-likeness (QED) is 0.877. The first-order valence-corrected chi connectivity index (χ1v) is 8.19. The molecule has 0 fully saturated rings. The van der Waals surface area contributed by atoms with Crippen molar-refractivity contribution >= 4 is 23.3 Å². The molecule has 0 spiro atoms. The van der Waals surface area contributed by atoms with Crippen LogP contribution in [0.25, 0.3) is 0 Å². The van der Waals surface area contributed by atoms with Gasteiger partial charge in [-0.05, 0) is 42.2 Å². The van der Waals surface area contributed by atoms with E-state index in [-0.39, 0.29) is 29.9 Å². The highest BCUT2D eigenvalue weighted by Crippen LogP contribution is 2.36. The van der Waals surface area contributed by atoms with E-state index in [1.54, 1.807) is 4.90 Å². The Bertz CT molecular complexity index is 754. The van der Waals surface area contributed by atoms with Crippen molar-refractivity contribution in [3.8, 4) is 0 Å². The van der Waals surface area contributed by atoms with Gasteiger partial charge in [0, 0.05) is 6.54 Å². The summed E-state index contributed by atoms with van der Waals surface area (Å²) in [5.41, 5.74) is 2.52. The van der Waals surface area contributed by atoms with Crippen molar-refractivity contribution in [2.75, 3.05) is 18.5 Å². The van der Waals surface area contributed by atoms with Gasteiger partial charge in [0.15, 0.2) is 0 Å². The van der Waals surface area contributed by atoms with E-state index in [4.69, 9.17) is 11.6 Å². The Morgan fingerprint density at radius 2 is 2.12 bits per heavy atom. The van der Waals surface area contributed by atoms with Crippen LogP contribution in [0.3, 0.4) is 0 Å². The van der Waals surface area contributed by atoms with Crippen LogP contribution in [-0.4, -0.2) is 29.2 Å². The molecule has 2 aromatic carbocycles. The number of aryl methyl sites for hydroxylation is 1. The number of aliphatic hydroxyl groups is 1. The largest absolute Gasteiger partial charge is 0.395 e. The fraction of sp³-hybridized carbons (Fsp3) is 0.278. The lowest BCUT2D eigenvalue weighted by atomic mass is 10.1. The summed E-state index contributed by atoms with van der Waals surface area (Å²) >= 11 is 6.01. The van der Waals surface area contributed by atoms with Gasteiger partial charge in [0.05, 0.1) is 23.4 Å². The summed E-state index contributed by atoms with van der Waals surface area (Å²) in [5.74, 6) is -0.477. The van der Waals surface area contributed by atoms with Crippen molar-refractivity contribution in [1.29, 1.82) is 0 Å². The monoisotopic (exact) mass is 348 g/mol. The van der Waals surface area contributed by atoms with Gasteiger partial charge in [0.2, 0.25) is 0 Å². The fourth-order valence-electron chi connectivity index (χ4n) is 3.15. The second-order valence-electron chi connectivity index (χ2n) is 5.72. The number of benzene rings is 2. The minimum atomic E-state index is -0.477. The third-order valence-electron chi connectivity index (χ3n) is 4.25. The molecule has 0 bridgehead atoms. The van der Waals surface area contributed by atoms with Crippen molar-refractivity contribution in [3.63, 3.8) is 0 Å². The lowest BCUT2D eigenvalue weighted by molar-refractivity contribution is 0.162. The van der Waals surface area contributed by atoms with E-state index < -0.39 is 11.8 Å². The van der Waals surface area contributed by atoms with E-state index in [1.165, 1.54) is 23.8 Å². The molecule has 0 heterocycles. The van der Waals surface area contributed by atoms with Crippen LogP contribution in [-0.2, 0) is 6.42 Å².